The van der Waals surface area contributed by atoms with Gasteiger partial charge in [-0.05, 0) is 49.4 Å². The van der Waals surface area contributed by atoms with Crippen molar-refractivity contribution in [3.63, 3.8) is 0 Å². The molecular weight excluding hydrogens is 244 g/mol. The number of hydrogen-bond donors (Lipinski definition) is 0. The minimum absolute atomic E-state index is 0.270. The molecule has 0 bridgehead atoms. The Morgan fingerprint density at radius 2 is 1.94 bits per heavy atom. The molecule has 2 aliphatic carbocycles. The predicted molar refractivity (Wildman–Crippen MR) is 67.5 cm³/mol. The third-order valence-electron chi connectivity index (χ3n) is 4.35. The van der Waals surface area contributed by atoms with Crippen molar-refractivity contribution in [1.82, 2.24) is 0 Å². The van der Waals surface area contributed by atoms with Gasteiger partial charge in [0.15, 0.2) is 0 Å². The Morgan fingerprint density at radius 1 is 1.31 bits per heavy atom. The maximum absolute atomic E-state index is 11.4. The summed E-state index contributed by atoms with van der Waals surface area (Å²) in [5.74, 6) is 3.17. The van der Waals surface area contributed by atoms with Crippen molar-refractivity contribution in [2.24, 2.45) is 17.3 Å². The second-order valence-corrected chi connectivity index (χ2v) is 8.38. The van der Waals surface area contributed by atoms with E-state index in [-0.39, 0.29) is 11.2 Å². The minimum atomic E-state index is -2.79. The summed E-state index contributed by atoms with van der Waals surface area (Å²) in [6.07, 6.45) is 5.68. The van der Waals surface area contributed by atoms with Gasteiger partial charge in [0.2, 0.25) is 0 Å². The molecule has 2 atom stereocenters. The SMILES string of the molecule is CCS(=O)(=O)CCCC1(CCl)CC2CC2C1. The Hall–Kier alpha value is 0.240. The Labute approximate surface area is 104 Å². The number of hydrogen-bond acceptors (Lipinski definition) is 2. The van der Waals surface area contributed by atoms with Crippen molar-refractivity contribution < 1.29 is 8.42 Å². The molecule has 2 aliphatic rings. The van der Waals surface area contributed by atoms with Crippen LogP contribution in [0.1, 0.15) is 39.0 Å². The van der Waals surface area contributed by atoms with Crippen LogP contribution >= 0.6 is 11.6 Å². The molecule has 0 radical (unpaired) electrons. The number of fused-ring (bicyclic) bond motifs is 1. The Kier molecular flexibility index (Phi) is 3.56. The van der Waals surface area contributed by atoms with Crippen LogP contribution in [-0.4, -0.2) is 25.8 Å². The van der Waals surface area contributed by atoms with Crippen LogP contribution in [-0.2, 0) is 9.84 Å². The average Bonchev–Trinajstić information content (AvgIpc) is 2.87. The lowest BCUT2D eigenvalue weighted by molar-refractivity contribution is 0.278. The van der Waals surface area contributed by atoms with Gasteiger partial charge >= 0.3 is 0 Å². The first-order valence-electron chi connectivity index (χ1n) is 6.27. The molecule has 0 amide bonds. The van der Waals surface area contributed by atoms with Crippen LogP contribution in [0.4, 0.5) is 0 Å². The average molecular weight is 265 g/mol. The van der Waals surface area contributed by atoms with Crippen molar-refractivity contribution in [3.8, 4) is 0 Å². The van der Waals surface area contributed by atoms with E-state index in [0.29, 0.717) is 11.6 Å². The fourth-order valence-electron chi connectivity index (χ4n) is 3.20. The van der Waals surface area contributed by atoms with E-state index in [4.69, 9.17) is 11.6 Å². The molecule has 2 unspecified atom stereocenters. The summed E-state index contributed by atoms with van der Waals surface area (Å²) in [4.78, 5) is 0. The largest absolute Gasteiger partial charge is 0.229 e. The summed E-state index contributed by atoms with van der Waals surface area (Å²) < 4.78 is 22.8. The zero-order valence-corrected chi connectivity index (χ0v) is 11.5. The first-order valence-corrected chi connectivity index (χ1v) is 8.62. The Bertz CT molecular complexity index is 340. The molecule has 0 aromatic carbocycles. The maximum Gasteiger partial charge on any atom is 0.150 e. The number of alkyl halides is 1. The van der Waals surface area contributed by atoms with Crippen LogP contribution in [0.2, 0.25) is 0 Å². The minimum Gasteiger partial charge on any atom is -0.229 e. The zero-order chi connectivity index (χ0) is 11.8. The second kappa shape index (κ2) is 4.49. The van der Waals surface area contributed by atoms with Gasteiger partial charge in [0.1, 0.15) is 9.84 Å². The molecule has 2 fully saturated rings. The Morgan fingerprint density at radius 3 is 2.44 bits per heavy atom. The quantitative estimate of drug-likeness (QED) is 0.692. The molecule has 0 heterocycles. The van der Waals surface area contributed by atoms with Gasteiger partial charge in [-0.15, -0.1) is 11.6 Å². The molecule has 0 aliphatic heterocycles. The zero-order valence-electron chi connectivity index (χ0n) is 9.91. The Balaban J connectivity index is 1.80. The number of halogens is 1. The van der Waals surface area contributed by atoms with Gasteiger partial charge in [0.25, 0.3) is 0 Å². The van der Waals surface area contributed by atoms with Gasteiger partial charge in [0, 0.05) is 11.6 Å². The summed E-state index contributed by atoms with van der Waals surface area (Å²) in [6, 6.07) is 0. The standard InChI is InChI=1S/C12H21ClO2S/c1-2-16(14,15)5-3-4-12(9-13)7-10-6-11(10)8-12/h10-11H,2-9H2,1H3. The van der Waals surface area contributed by atoms with Crippen LogP contribution in [0.3, 0.4) is 0 Å². The van der Waals surface area contributed by atoms with Gasteiger partial charge in [-0.3, -0.25) is 0 Å². The molecule has 4 heteroatoms. The van der Waals surface area contributed by atoms with Crippen molar-refractivity contribution in [1.29, 1.82) is 0 Å². The molecular formula is C12H21ClO2S. The lowest BCUT2D eigenvalue weighted by Crippen LogP contribution is -2.22. The van der Waals surface area contributed by atoms with Crippen LogP contribution < -0.4 is 0 Å². The topological polar surface area (TPSA) is 34.1 Å². The molecule has 0 N–H and O–H groups in total. The molecule has 2 rings (SSSR count). The highest BCUT2D eigenvalue weighted by Gasteiger charge is 2.52. The monoisotopic (exact) mass is 264 g/mol. The third kappa shape index (κ3) is 2.73. The fraction of sp³-hybridized carbons (Fsp3) is 1.00. The summed E-state index contributed by atoms with van der Waals surface area (Å²) in [5.41, 5.74) is 0.276. The van der Waals surface area contributed by atoms with Gasteiger partial charge in [-0.25, -0.2) is 8.42 Å². The van der Waals surface area contributed by atoms with E-state index in [1.165, 1.54) is 19.3 Å². The van der Waals surface area contributed by atoms with Crippen LogP contribution in [0.5, 0.6) is 0 Å². The summed E-state index contributed by atoms with van der Waals surface area (Å²) in [5, 5.41) is 0. The van der Waals surface area contributed by atoms with E-state index in [9.17, 15) is 8.42 Å². The molecule has 2 nitrogen and oxygen atoms in total. The van der Waals surface area contributed by atoms with Crippen molar-refractivity contribution >= 4 is 21.4 Å². The van der Waals surface area contributed by atoms with Crippen LogP contribution in [0.25, 0.3) is 0 Å². The highest BCUT2D eigenvalue weighted by atomic mass is 35.5. The number of rotatable bonds is 6. The number of sulfone groups is 1. The molecule has 0 aromatic heterocycles. The van der Waals surface area contributed by atoms with Crippen LogP contribution in [0.15, 0.2) is 0 Å². The van der Waals surface area contributed by atoms with E-state index >= 15 is 0 Å². The second-order valence-electron chi connectivity index (χ2n) is 5.64. The molecule has 94 valence electrons. The molecule has 0 spiro atoms. The molecule has 0 aromatic rings. The highest BCUT2D eigenvalue weighted by molar-refractivity contribution is 7.91. The predicted octanol–water partition coefficient (Wildman–Crippen LogP) is 2.86. The van der Waals surface area contributed by atoms with Gasteiger partial charge in [-0.1, -0.05) is 6.92 Å². The fourth-order valence-corrected chi connectivity index (χ4v) is 4.42. The first-order chi connectivity index (χ1) is 7.50. The molecule has 0 saturated heterocycles. The van der Waals surface area contributed by atoms with E-state index in [1.54, 1.807) is 6.92 Å². The van der Waals surface area contributed by atoms with Crippen molar-refractivity contribution in [2.45, 2.75) is 39.0 Å². The lowest BCUT2D eigenvalue weighted by atomic mass is 9.81. The first kappa shape index (κ1) is 12.7. The van der Waals surface area contributed by atoms with Crippen molar-refractivity contribution in [3.05, 3.63) is 0 Å². The molecule has 16 heavy (non-hydrogen) atoms. The molecule has 2 saturated carbocycles. The van der Waals surface area contributed by atoms with Gasteiger partial charge in [0.05, 0.1) is 5.75 Å². The van der Waals surface area contributed by atoms with Crippen LogP contribution in [0, 0.1) is 17.3 Å². The van der Waals surface area contributed by atoms with E-state index in [0.717, 1.165) is 24.7 Å². The van der Waals surface area contributed by atoms with Gasteiger partial charge in [-0.2, -0.15) is 0 Å². The van der Waals surface area contributed by atoms with E-state index in [1.807, 2.05) is 0 Å². The van der Waals surface area contributed by atoms with E-state index < -0.39 is 9.84 Å². The maximum atomic E-state index is 11.4. The lowest BCUT2D eigenvalue weighted by Gasteiger charge is -2.28. The summed E-state index contributed by atoms with van der Waals surface area (Å²) >= 11 is 6.08. The van der Waals surface area contributed by atoms with Crippen molar-refractivity contribution in [2.75, 3.05) is 17.4 Å². The summed E-state index contributed by atoms with van der Waals surface area (Å²) in [6.45, 7) is 1.72. The summed E-state index contributed by atoms with van der Waals surface area (Å²) in [7, 11) is -2.79. The smallest absolute Gasteiger partial charge is 0.150 e. The highest BCUT2D eigenvalue weighted by Crippen LogP contribution is 2.61. The third-order valence-corrected chi connectivity index (χ3v) is 6.70. The van der Waals surface area contributed by atoms with E-state index in [2.05, 4.69) is 0 Å². The van der Waals surface area contributed by atoms with Gasteiger partial charge < -0.3 is 0 Å². The normalized spacial score (nSPS) is 37.4.